The molecule has 0 spiro atoms. The van der Waals surface area contributed by atoms with Crippen LogP contribution in [0.3, 0.4) is 0 Å². The molecule has 0 saturated heterocycles. The van der Waals surface area contributed by atoms with Crippen molar-refractivity contribution in [2.24, 2.45) is 0 Å². The van der Waals surface area contributed by atoms with Gasteiger partial charge < -0.3 is 19.4 Å². The molecule has 2 aromatic rings. The molecular formula is C20H28N2O3. The Bertz CT molecular complexity index is 662. The van der Waals surface area contributed by atoms with Gasteiger partial charge in [-0.15, -0.1) is 0 Å². The van der Waals surface area contributed by atoms with E-state index < -0.39 is 0 Å². The van der Waals surface area contributed by atoms with Crippen LogP contribution in [0.4, 0.5) is 0 Å². The van der Waals surface area contributed by atoms with Gasteiger partial charge in [-0.1, -0.05) is 26.0 Å². The zero-order chi connectivity index (χ0) is 18.1. The summed E-state index contributed by atoms with van der Waals surface area (Å²) in [5, 5.41) is 2.90. The number of aryl methyl sites for hydroxylation is 1. The Morgan fingerprint density at radius 1 is 1.20 bits per heavy atom. The van der Waals surface area contributed by atoms with E-state index in [2.05, 4.69) is 24.1 Å². The van der Waals surface area contributed by atoms with Gasteiger partial charge in [0.15, 0.2) is 5.76 Å². The second-order valence-corrected chi connectivity index (χ2v) is 6.01. The first-order chi connectivity index (χ1) is 12.1. The fourth-order valence-electron chi connectivity index (χ4n) is 2.57. The summed E-state index contributed by atoms with van der Waals surface area (Å²) in [5.74, 6) is 1.57. The first-order valence-corrected chi connectivity index (χ1v) is 8.91. The molecule has 1 amide bonds. The lowest BCUT2D eigenvalue weighted by atomic mass is 10.2. The lowest BCUT2D eigenvalue weighted by molar-refractivity contribution is 0.0920. The van der Waals surface area contributed by atoms with E-state index >= 15 is 0 Å². The highest BCUT2D eigenvalue weighted by atomic mass is 16.5. The lowest BCUT2D eigenvalue weighted by Crippen LogP contribution is -2.29. The quantitative estimate of drug-likeness (QED) is 0.669. The number of rotatable bonds is 10. The van der Waals surface area contributed by atoms with Crippen LogP contribution in [-0.4, -0.2) is 37.0 Å². The Morgan fingerprint density at radius 2 is 2.00 bits per heavy atom. The Balaban J connectivity index is 1.75. The van der Waals surface area contributed by atoms with Crippen LogP contribution in [0.15, 0.2) is 40.8 Å². The van der Waals surface area contributed by atoms with Crippen molar-refractivity contribution in [1.29, 1.82) is 0 Å². The Kier molecular flexibility index (Phi) is 7.54. The van der Waals surface area contributed by atoms with Crippen molar-refractivity contribution in [2.75, 3.05) is 26.2 Å². The van der Waals surface area contributed by atoms with Crippen molar-refractivity contribution in [3.63, 3.8) is 0 Å². The lowest BCUT2D eigenvalue weighted by Gasteiger charge is -2.17. The first-order valence-electron chi connectivity index (χ1n) is 8.91. The van der Waals surface area contributed by atoms with E-state index in [9.17, 15) is 4.79 Å². The van der Waals surface area contributed by atoms with E-state index in [-0.39, 0.29) is 5.91 Å². The van der Waals surface area contributed by atoms with E-state index in [4.69, 9.17) is 9.15 Å². The molecule has 0 radical (unpaired) electrons. The minimum Gasteiger partial charge on any atom is -0.486 e. The maximum absolute atomic E-state index is 12.1. The van der Waals surface area contributed by atoms with Gasteiger partial charge in [-0.3, -0.25) is 4.79 Å². The average molecular weight is 344 g/mol. The molecule has 1 N–H and O–H groups in total. The number of nitrogens with one attached hydrogen (secondary N) is 1. The van der Waals surface area contributed by atoms with E-state index in [0.717, 1.165) is 37.4 Å². The number of amides is 1. The number of furan rings is 1. The standard InChI is InChI=1S/C20H28N2O3/c1-4-22(5-2)13-7-12-21-20(23)19-11-10-18(25-19)15-24-17-9-6-8-16(3)14-17/h6,8-11,14H,4-5,7,12-13,15H2,1-3H3,(H,21,23). The molecule has 1 heterocycles. The molecule has 0 bridgehead atoms. The minimum atomic E-state index is -0.179. The van der Waals surface area contributed by atoms with Crippen LogP contribution < -0.4 is 10.1 Å². The summed E-state index contributed by atoms with van der Waals surface area (Å²) in [5.41, 5.74) is 1.14. The molecular weight excluding hydrogens is 316 g/mol. The highest BCUT2D eigenvalue weighted by Crippen LogP contribution is 2.16. The molecule has 0 atom stereocenters. The molecule has 2 rings (SSSR count). The molecule has 25 heavy (non-hydrogen) atoms. The third kappa shape index (κ3) is 6.27. The second kappa shape index (κ2) is 9.89. The van der Waals surface area contributed by atoms with Gasteiger partial charge in [0.05, 0.1) is 0 Å². The normalized spacial score (nSPS) is 10.9. The predicted molar refractivity (Wildman–Crippen MR) is 99.0 cm³/mol. The number of benzene rings is 1. The number of hydrogen-bond donors (Lipinski definition) is 1. The van der Waals surface area contributed by atoms with Crippen molar-refractivity contribution in [3.05, 3.63) is 53.5 Å². The molecule has 0 aliphatic rings. The van der Waals surface area contributed by atoms with Gasteiger partial charge in [0.1, 0.15) is 18.1 Å². The van der Waals surface area contributed by atoms with E-state index in [1.54, 1.807) is 12.1 Å². The van der Waals surface area contributed by atoms with Crippen LogP contribution in [0.1, 0.15) is 42.1 Å². The third-order valence-electron chi connectivity index (χ3n) is 4.09. The molecule has 0 saturated carbocycles. The van der Waals surface area contributed by atoms with Crippen LogP contribution in [0.25, 0.3) is 0 Å². The predicted octanol–water partition coefficient (Wildman–Crippen LogP) is 3.63. The molecule has 5 nitrogen and oxygen atoms in total. The summed E-state index contributed by atoms with van der Waals surface area (Å²) < 4.78 is 11.3. The zero-order valence-electron chi connectivity index (χ0n) is 15.4. The van der Waals surface area contributed by atoms with E-state index in [0.29, 0.717) is 24.7 Å². The number of carbonyl (C=O) groups excluding carboxylic acids is 1. The van der Waals surface area contributed by atoms with Gasteiger partial charge in [-0.2, -0.15) is 0 Å². The van der Waals surface area contributed by atoms with Crippen molar-refractivity contribution in [3.8, 4) is 5.75 Å². The molecule has 0 fully saturated rings. The van der Waals surface area contributed by atoms with Crippen molar-refractivity contribution in [2.45, 2.75) is 33.8 Å². The molecule has 1 aromatic heterocycles. The number of nitrogens with zero attached hydrogens (tertiary/aromatic N) is 1. The minimum absolute atomic E-state index is 0.179. The number of carbonyl (C=O) groups is 1. The van der Waals surface area contributed by atoms with Gasteiger partial charge in [0.2, 0.25) is 0 Å². The van der Waals surface area contributed by atoms with Crippen molar-refractivity contribution in [1.82, 2.24) is 10.2 Å². The Morgan fingerprint density at radius 3 is 2.72 bits per heavy atom. The molecule has 1 aromatic carbocycles. The fourth-order valence-corrected chi connectivity index (χ4v) is 2.57. The van der Waals surface area contributed by atoms with Gasteiger partial charge in [0, 0.05) is 6.54 Å². The molecule has 136 valence electrons. The van der Waals surface area contributed by atoms with Gasteiger partial charge in [0.25, 0.3) is 5.91 Å². The molecule has 0 aliphatic carbocycles. The van der Waals surface area contributed by atoms with Gasteiger partial charge in [-0.05, 0) is 62.8 Å². The summed E-state index contributed by atoms with van der Waals surface area (Å²) in [4.78, 5) is 14.4. The fraction of sp³-hybridized carbons (Fsp3) is 0.450. The van der Waals surface area contributed by atoms with Crippen LogP contribution >= 0.6 is 0 Å². The monoisotopic (exact) mass is 344 g/mol. The van der Waals surface area contributed by atoms with Crippen LogP contribution in [0.2, 0.25) is 0 Å². The largest absolute Gasteiger partial charge is 0.486 e. The second-order valence-electron chi connectivity index (χ2n) is 6.01. The molecule has 5 heteroatoms. The molecule has 0 unspecified atom stereocenters. The SMILES string of the molecule is CCN(CC)CCCNC(=O)c1ccc(COc2cccc(C)c2)o1. The van der Waals surface area contributed by atoms with Crippen LogP contribution in [0.5, 0.6) is 5.75 Å². The first kappa shape index (κ1) is 19.1. The maximum atomic E-state index is 12.1. The van der Waals surface area contributed by atoms with Gasteiger partial charge in [-0.25, -0.2) is 0 Å². The summed E-state index contributed by atoms with van der Waals surface area (Å²) in [6.07, 6.45) is 0.928. The van der Waals surface area contributed by atoms with Gasteiger partial charge >= 0.3 is 0 Å². The summed E-state index contributed by atoms with van der Waals surface area (Å²) >= 11 is 0. The maximum Gasteiger partial charge on any atom is 0.286 e. The van der Waals surface area contributed by atoms with E-state index in [1.165, 1.54) is 0 Å². The van der Waals surface area contributed by atoms with Crippen LogP contribution in [-0.2, 0) is 6.61 Å². The Labute approximate surface area is 150 Å². The van der Waals surface area contributed by atoms with Crippen LogP contribution in [0, 0.1) is 6.92 Å². The summed E-state index contributed by atoms with van der Waals surface area (Å²) in [7, 11) is 0. The highest BCUT2D eigenvalue weighted by Gasteiger charge is 2.11. The summed E-state index contributed by atoms with van der Waals surface area (Å²) in [6, 6.07) is 11.3. The van der Waals surface area contributed by atoms with Crippen molar-refractivity contribution >= 4 is 5.91 Å². The highest BCUT2D eigenvalue weighted by molar-refractivity contribution is 5.91. The topological polar surface area (TPSA) is 54.7 Å². The average Bonchev–Trinajstić information content (AvgIpc) is 3.09. The van der Waals surface area contributed by atoms with Crippen molar-refractivity contribution < 1.29 is 13.9 Å². The Hall–Kier alpha value is -2.27. The smallest absolute Gasteiger partial charge is 0.286 e. The third-order valence-corrected chi connectivity index (χ3v) is 4.09. The van der Waals surface area contributed by atoms with E-state index in [1.807, 2.05) is 31.2 Å². The number of hydrogen-bond acceptors (Lipinski definition) is 4. The number of ether oxygens (including phenoxy) is 1. The zero-order valence-corrected chi connectivity index (χ0v) is 15.4. The molecule has 0 aliphatic heterocycles. The summed E-state index contributed by atoms with van der Waals surface area (Å²) in [6.45, 7) is 10.3.